The number of hydrogen-bond donors (Lipinski definition) is 1. The smallest absolute Gasteiger partial charge is 0.240 e. The van der Waals surface area contributed by atoms with Crippen LogP contribution in [0, 0.1) is 5.41 Å². The Morgan fingerprint density at radius 1 is 1.36 bits per heavy atom. The van der Waals surface area contributed by atoms with E-state index in [1.54, 1.807) is 6.92 Å². The molecule has 0 rings (SSSR count). The molecule has 11 heavy (non-hydrogen) atoms. The van der Waals surface area contributed by atoms with E-state index in [0.29, 0.717) is 5.76 Å². The number of nitrogens with one attached hydrogen (secondary N) is 1. The predicted molar refractivity (Wildman–Crippen MR) is 43.4 cm³/mol. The maximum atomic E-state index is 10.9. The molecule has 3 heteroatoms. The third-order valence-electron chi connectivity index (χ3n) is 0.891. The van der Waals surface area contributed by atoms with Crippen molar-refractivity contribution in [3.05, 3.63) is 24.7 Å². The molecule has 3 nitrogen and oxygen atoms in total. The summed E-state index contributed by atoms with van der Waals surface area (Å²) in [6.07, 6.45) is 0. The van der Waals surface area contributed by atoms with Crippen molar-refractivity contribution < 1.29 is 9.53 Å². The zero-order chi connectivity index (χ0) is 9.02. The topological polar surface area (TPSA) is 50.2 Å². The summed E-state index contributed by atoms with van der Waals surface area (Å²) in [5.74, 6) is -0.150. The quantitative estimate of drug-likeness (QED) is 0.379. The monoisotopic (exact) mass is 153 g/mol. The fourth-order valence-electron chi connectivity index (χ4n) is 0.466. The van der Waals surface area contributed by atoms with E-state index in [1.165, 1.54) is 6.92 Å². The summed E-state index contributed by atoms with van der Waals surface area (Å²) < 4.78 is 4.79. The van der Waals surface area contributed by atoms with E-state index in [2.05, 4.69) is 13.2 Å². The third-order valence-corrected chi connectivity index (χ3v) is 0.891. The van der Waals surface area contributed by atoms with E-state index in [-0.39, 0.29) is 11.5 Å². The Hall–Kier alpha value is -1.38. The van der Waals surface area contributed by atoms with Crippen LogP contribution in [-0.2, 0) is 9.53 Å². The molecule has 1 N–H and O–H groups in total. The summed E-state index contributed by atoms with van der Waals surface area (Å²) in [6, 6.07) is 0. The van der Waals surface area contributed by atoms with Crippen molar-refractivity contribution in [2.75, 3.05) is 0 Å². The molecule has 0 aromatic heterocycles. The molecular formula is C8H11NO2. The molecule has 0 bridgehead atoms. The first-order valence-corrected chi connectivity index (χ1v) is 3.07. The maximum absolute atomic E-state index is 10.9. The highest BCUT2D eigenvalue weighted by Gasteiger charge is 2.10. The number of rotatable bonds is 4. The van der Waals surface area contributed by atoms with Gasteiger partial charge in [-0.3, -0.25) is 4.79 Å². The number of ketones is 1. The summed E-state index contributed by atoms with van der Waals surface area (Å²) in [5, 5.41) is 6.96. The zero-order valence-electron chi connectivity index (χ0n) is 6.73. The minimum absolute atomic E-state index is 0.0509. The van der Waals surface area contributed by atoms with Gasteiger partial charge in [0, 0.05) is 0 Å². The van der Waals surface area contributed by atoms with Crippen LogP contribution in [-0.4, -0.2) is 11.5 Å². The minimum atomic E-state index is -0.493. The SMILES string of the molecule is C=C(C)OC(=C)C(=O)C(C)=N. The Morgan fingerprint density at radius 3 is 2.09 bits per heavy atom. The summed E-state index contributed by atoms with van der Waals surface area (Å²) in [6.45, 7) is 9.77. The fourth-order valence-corrected chi connectivity index (χ4v) is 0.466. The lowest BCUT2D eigenvalue weighted by Crippen LogP contribution is -2.12. The molecule has 0 spiro atoms. The van der Waals surface area contributed by atoms with Gasteiger partial charge in [0.1, 0.15) is 0 Å². The predicted octanol–water partition coefficient (Wildman–Crippen LogP) is 1.66. The number of hydrogen-bond acceptors (Lipinski definition) is 3. The van der Waals surface area contributed by atoms with Gasteiger partial charge in [0.2, 0.25) is 5.78 Å². The van der Waals surface area contributed by atoms with Crippen molar-refractivity contribution in [1.82, 2.24) is 0 Å². The largest absolute Gasteiger partial charge is 0.459 e. The summed E-state index contributed by atoms with van der Waals surface area (Å²) in [7, 11) is 0. The highest BCUT2D eigenvalue weighted by atomic mass is 16.5. The lowest BCUT2D eigenvalue weighted by Gasteiger charge is -2.04. The van der Waals surface area contributed by atoms with Gasteiger partial charge < -0.3 is 10.1 Å². The highest BCUT2D eigenvalue weighted by Crippen LogP contribution is 2.02. The molecule has 0 amide bonds. The molecule has 0 aromatic rings. The van der Waals surface area contributed by atoms with Crippen LogP contribution in [0.25, 0.3) is 0 Å². The molecule has 0 aliphatic rings. The average Bonchev–Trinajstić information content (AvgIpc) is 1.84. The van der Waals surface area contributed by atoms with E-state index in [4.69, 9.17) is 10.1 Å². The Morgan fingerprint density at radius 2 is 1.82 bits per heavy atom. The van der Waals surface area contributed by atoms with Crippen molar-refractivity contribution in [2.45, 2.75) is 13.8 Å². The third kappa shape index (κ3) is 3.35. The molecule has 0 radical (unpaired) electrons. The van der Waals surface area contributed by atoms with E-state index >= 15 is 0 Å². The molecule has 60 valence electrons. The van der Waals surface area contributed by atoms with Gasteiger partial charge in [0.05, 0.1) is 11.5 Å². The maximum Gasteiger partial charge on any atom is 0.240 e. The molecule has 0 fully saturated rings. The van der Waals surface area contributed by atoms with Crippen LogP contribution in [0.5, 0.6) is 0 Å². The van der Waals surface area contributed by atoms with E-state index in [9.17, 15) is 4.79 Å². The summed E-state index contributed by atoms with van der Waals surface area (Å²) in [4.78, 5) is 10.9. The minimum Gasteiger partial charge on any atom is -0.459 e. The zero-order valence-corrected chi connectivity index (χ0v) is 6.73. The van der Waals surface area contributed by atoms with Crippen molar-refractivity contribution in [3.63, 3.8) is 0 Å². The van der Waals surface area contributed by atoms with E-state index < -0.39 is 5.78 Å². The number of carbonyl (C=O) groups is 1. The molecule has 0 unspecified atom stereocenters. The van der Waals surface area contributed by atoms with Gasteiger partial charge in [-0.15, -0.1) is 0 Å². The van der Waals surface area contributed by atoms with Gasteiger partial charge in [-0.1, -0.05) is 13.2 Å². The van der Waals surface area contributed by atoms with Crippen LogP contribution in [0.4, 0.5) is 0 Å². The molecule has 0 heterocycles. The van der Waals surface area contributed by atoms with Crippen LogP contribution >= 0.6 is 0 Å². The normalized spacial score (nSPS) is 8.55. The van der Waals surface area contributed by atoms with Crippen molar-refractivity contribution in [1.29, 1.82) is 5.41 Å². The molecular weight excluding hydrogens is 142 g/mol. The summed E-state index contributed by atoms with van der Waals surface area (Å²) >= 11 is 0. The van der Waals surface area contributed by atoms with Crippen molar-refractivity contribution in [2.24, 2.45) is 0 Å². The second-order valence-corrected chi connectivity index (χ2v) is 2.18. The molecule has 0 aliphatic carbocycles. The molecule has 0 saturated heterocycles. The van der Waals surface area contributed by atoms with Crippen LogP contribution in [0.2, 0.25) is 0 Å². The second kappa shape index (κ2) is 3.71. The van der Waals surface area contributed by atoms with E-state index in [0.717, 1.165) is 0 Å². The van der Waals surface area contributed by atoms with Gasteiger partial charge in [0.15, 0.2) is 5.76 Å². The first-order chi connectivity index (χ1) is 4.95. The Balaban J connectivity index is 4.16. The lowest BCUT2D eigenvalue weighted by molar-refractivity contribution is -0.112. The van der Waals surface area contributed by atoms with Crippen molar-refractivity contribution >= 4 is 11.5 Å². The van der Waals surface area contributed by atoms with Gasteiger partial charge in [-0.2, -0.15) is 0 Å². The second-order valence-electron chi connectivity index (χ2n) is 2.18. The van der Waals surface area contributed by atoms with Gasteiger partial charge in [0.25, 0.3) is 0 Å². The lowest BCUT2D eigenvalue weighted by atomic mass is 10.2. The number of ether oxygens (including phenoxy) is 1. The standard InChI is InChI=1S/C8H11NO2/c1-5(2)11-7(4)8(10)6(3)9/h9H,1,4H2,2-3H3. The summed E-state index contributed by atoms with van der Waals surface area (Å²) in [5.41, 5.74) is -0.0868. The fraction of sp³-hybridized carbons (Fsp3) is 0.250. The van der Waals surface area contributed by atoms with Crippen LogP contribution in [0.15, 0.2) is 24.7 Å². The van der Waals surface area contributed by atoms with Crippen LogP contribution < -0.4 is 0 Å². The Labute approximate surface area is 65.9 Å². The molecule has 0 aliphatic heterocycles. The average molecular weight is 153 g/mol. The van der Waals surface area contributed by atoms with Crippen LogP contribution in [0.3, 0.4) is 0 Å². The van der Waals surface area contributed by atoms with Gasteiger partial charge >= 0.3 is 0 Å². The van der Waals surface area contributed by atoms with Crippen molar-refractivity contribution in [3.8, 4) is 0 Å². The van der Waals surface area contributed by atoms with Crippen LogP contribution in [0.1, 0.15) is 13.8 Å². The first-order valence-electron chi connectivity index (χ1n) is 3.07. The highest BCUT2D eigenvalue weighted by molar-refractivity contribution is 6.43. The number of carbonyl (C=O) groups excluding carboxylic acids is 1. The number of allylic oxidation sites excluding steroid dienone is 2. The number of Topliss-reactive ketones (excluding diaryl/α,β-unsaturated/α-hetero) is 1. The molecule has 0 saturated carbocycles. The Bertz CT molecular complexity index is 228. The van der Waals surface area contributed by atoms with Gasteiger partial charge in [-0.25, -0.2) is 0 Å². The molecule has 0 aromatic carbocycles. The first kappa shape index (κ1) is 9.62. The van der Waals surface area contributed by atoms with Gasteiger partial charge in [-0.05, 0) is 13.8 Å². The Kier molecular flexibility index (Phi) is 3.24. The van der Waals surface area contributed by atoms with E-state index in [1.807, 2.05) is 0 Å². The molecule has 0 atom stereocenters.